The summed E-state index contributed by atoms with van der Waals surface area (Å²) in [6.07, 6.45) is 2.79. The number of hydrogen-bond acceptors (Lipinski definition) is 10. The Balaban J connectivity index is -0.000000246. The van der Waals surface area contributed by atoms with Gasteiger partial charge in [-0.25, -0.2) is 9.97 Å². The van der Waals surface area contributed by atoms with Gasteiger partial charge in [0.1, 0.15) is 36.6 Å². The van der Waals surface area contributed by atoms with Crippen molar-refractivity contribution in [3.8, 4) is 17.2 Å². The van der Waals surface area contributed by atoms with Crippen molar-refractivity contribution in [2.45, 2.75) is 213 Å². The van der Waals surface area contributed by atoms with Gasteiger partial charge in [-0.15, -0.1) is 0 Å². The first-order valence-electron chi connectivity index (χ1n) is 38.3. The van der Waals surface area contributed by atoms with Crippen molar-refractivity contribution in [2.75, 3.05) is 13.7 Å². The van der Waals surface area contributed by atoms with Gasteiger partial charge >= 0.3 is 80.0 Å². The second-order valence-electron chi connectivity index (χ2n) is 21.2. The van der Waals surface area contributed by atoms with E-state index in [9.17, 15) is 19.8 Å². The minimum absolute atomic E-state index is 0. The number of ether oxygens (including phenoxy) is 3. The Kier molecular flexibility index (Phi) is 73.0. The van der Waals surface area contributed by atoms with Crippen molar-refractivity contribution >= 4 is 89.9 Å². The molecular weight excluding hydrogens is 1750 g/mol. The molecule has 0 bridgehead atoms. The molecule has 10 nitrogen and oxygen atoms in total. The SMILES string of the molecule is C.C.C.C.CC.CC.CC.CC.CC.CC.CC.CC.CC.CCOC.CCc1ccc2ccccc2n1.I[I-]I.O=C1c2ccccc2Cc2ccc(O)cc21.O=C1c2ccccc2Cc2ccc(OCc3ccc4ccccc4n3)cc21.OC1c2ccccc2Cc2ccc(OCc3ccc4ccccc4n3)cc21.[B].[H-].[Na+]. The molecule has 0 amide bonds. The number of benzene rings is 9. The number of aliphatic hydroxyl groups excluding tert-OH is 1. The molecule has 9 aromatic carbocycles. The molecule has 3 aromatic heterocycles. The van der Waals surface area contributed by atoms with Crippen LogP contribution in [0.4, 0.5) is 0 Å². The van der Waals surface area contributed by atoms with Gasteiger partial charge in [0.25, 0.3) is 0 Å². The van der Waals surface area contributed by atoms with E-state index in [4.69, 9.17) is 9.47 Å². The number of hydrogen-bond donors (Lipinski definition) is 2. The van der Waals surface area contributed by atoms with Gasteiger partial charge in [0, 0.05) is 66.2 Å². The zero-order valence-corrected chi connectivity index (χ0v) is 77.5. The number of methoxy groups -OCH3 is 1. The number of nitrogens with zero attached hydrogens (tertiary/aromatic N) is 3. The summed E-state index contributed by atoms with van der Waals surface area (Å²) in [5.41, 5.74) is 17.3. The zero-order valence-electron chi connectivity index (χ0n) is 70.0. The number of aliphatic hydroxyl groups is 1. The Morgan fingerprint density at radius 2 is 0.690 bits per heavy atom. The van der Waals surface area contributed by atoms with Crippen LogP contribution in [-0.2, 0) is 43.6 Å². The third-order valence-electron chi connectivity index (χ3n) is 15.5. The summed E-state index contributed by atoms with van der Waals surface area (Å²) in [5, 5.41) is 23.6. The van der Waals surface area contributed by atoms with Crippen LogP contribution in [-0.4, -0.2) is 58.9 Å². The van der Waals surface area contributed by atoms with Gasteiger partial charge in [-0.05, 0) is 150 Å². The number of aromatic hydroxyl groups is 1. The second kappa shape index (κ2) is 70.5. The number of para-hydroxylation sites is 3. The van der Waals surface area contributed by atoms with Crippen molar-refractivity contribution in [1.82, 2.24) is 15.0 Å². The molecule has 3 heterocycles. The smallest absolute Gasteiger partial charge is 1.00 e. The first kappa shape index (κ1) is 117. The third-order valence-corrected chi connectivity index (χ3v) is 15.5. The molecule has 0 spiro atoms. The molecule has 1 unspecified atom stereocenters. The Morgan fingerprint density at radius 1 is 0.389 bits per heavy atom. The van der Waals surface area contributed by atoms with Gasteiger partial charge in [-0.3, -0.25) is 14.6 Å². The summed E-state index contributed by atoms with van der Waals surface area (Å²) in [5.74, 6) is 1.67. The van der Waals surface area contributed by atoms with Gasteiger partial charge in [0.15, 0.2) is 11.6 Å². The number of pyridine rings is 3. The molecule has 1 atom stereocenters. The maximum absolute atomic E-state index is 12.8. The first-order chi connectivity index (χ1) is 52.5. The molecule has 3 radical (unpaired) electrons. The molecule has 3 aliphatic rings. The number of aromatic nitrogens is 3. The molecule has 0 aliphatic heterocycles. The standard InChI is InChI=1S/C24H19NO2.C24H17NO2.C14H10O2.C11H11N.C3H8O.9C2H6.4CH4.B.I3.Na.H/c2*26-24-21-7-3-1-6-17(21)13-18-10-12-20(14-22(18)24)27-15-19-11-9-16-5-2-4-8-23(16)25-19;15-11-6-5-10-7-9-3-1-2-4-12(9)14(16)13(10)8-11;1-2-10-8-7-9-5-3-4-6-11(9)12-10;1-3-4-2;9*1-2;;;;;;1-3-2;;/h1-12,14,24,26H,13,15H2;1-12,14H,13,15H2;1-6,8,15H,7H2;3-8H,2H2,1H3;3H2,1-2H3;9*1-2H3;4*1H4;;;;/q;;;;;;;;;;;;;;;;;;;-1;+1;-1. The molecule has 0 fully saturated rings. The van der Waals surface area contributed by atoms with E-state index in [1.165, 1.54) is 10.9 Å². The van der Waals surface area contributed by atoms with E-state index in [1.807, 2.05) is 307 Å². The van der Waals surface area contributed by atoms with E-state index in [-0.39, 0.29) is 86.4 Å². The molecule has 12 aromatic rings. The average molecular weight is 1880 g/mol. The van der Waals surface area contributed by atoms with Gasteiger partial charge in [0.05, 0.1) is 27.9 Å². The molecule has 3 aliphatic carbocycles. The first-order valence-corrected chi connectivity index (χ1v) is 50.9. The Hall–Kier alpha value is -6.88. The van der Waals surface area contributed by atoms with Crippen LogP contribution < -0.4 is 52.3 Å². The monoisotopic (exact) mass is 1880 g/mol. The topological polar surface area (TPSA) is 141 Å². The van der Waals surface area contributed by atoms with Crippen molar-refractivity contribution in [1.29, 1.82) is 0 Å². The Bertz CT molecular complexity index is 4470. The molecule has 2 N–H and O–H groups in total. The molecule has 611 valence electrons. The van der Waals surface area contributed by atoms with Crippen LogP contribution in [0.15, 0.2) is 237 Å². The van der Waals surface area contributed by atoms with Crippen molar-refractivity contribution in [3.63, 3.8) is 0 Å². The summed E-state index contributed by atoms with van der Waals surface area (Å²) in [4.78, 5) is 38.7. The van der Waals surface area contributed by atoms with Crippen molar-refractivity contribution < 1.29 is 78.3 Å². The number of rotatable bonds is 8. The van der Waals surface area contributed by atoms with E-state index in [2.05, 4.69) is 112 Å². The number of phenolic OH excluding ortho intramolecular Hbond substituents is 1. The average Bonchev–Trinajstić information content (AvgIpc) is 0.808. The summed E-state index contributed by atoms with van der Waals surface area (Å²) < 4.78 is 16.4. The van der Waals surface area contributed by atoms with Crippen LogP contribution in [0.25, 0.3) is 32.7 Å². The van der Waals surface area contributed by atoms with E-state index in [1.54, 1.807) is 19.2 Å². The molecule has 113 heavy (non-hydrogen) atoms. The largest absolute Gasteiger partial charge is 1.00 e. The minimum atomic E-state index is -0.604. The molecular formula is C98H136BI3N3NaO7-. The number of carbonyl (C=O) groups excluding carboxylic acids is 2. The number of phenols is 1. The van der Waals surface area contributed by atoms with Crippen LogP contribution in [0.5, 0.6) is 17.2 Å². The van der Waals surface area contributed by atoms with Crippen LogP contribution >= 0.6 is 37.2 Å². The molecule has 0 saturated heterocycles. The molecule has 0 saturated carbocycles. The fourth-order valence-corrected chi connectivity index (χ4v) is 10.8. The van der Waals surface area contributed by atoms with Crippen molar-refractivity contribution in [3.05, 3.63) is 320 Å². The predicted octanol–water partition coefficient (Wildman–Crippen LogP) is 23.0. The number of aryl methyl sites for hydroxylation is 1. The van der Waals surface area contributed by atoms with Crippen LogP contribution in [0, 0.1) is 0 Å². The molecule has 15 heteroatoms. The quantitative estimate of drug-likeness (QED) is 0.112. The van der Waals surface area contributed by atoms with E-state index >= 15 is 0 Å². The van der Waals surface area contributed by atoms with Crippen molar-refractivity contribution in [2.24, 2.45) is 0 Å². The normalized spacial score (nSPS) is 10.5. The van der Waals surface area contributed by atoms with Gasteiger partial charge in [-0.1, -0.05) is 325 Å². The van der Waals surface area contributed by atoms with E-state index in [0.717, 1.165) is 138 Å². The fourth-order valence-electron chi connectivity index (χ4n) is 10.8. The summed E-state index contributed by atoms with van der Waals surface area (Å²) in [6.45, 7) is 41.7. The van der Waals surface area contributed by atoms with Crippen LogP contribution in [0.2, 0.25) is 0 Å². The Morgan fingerprint density at radius 3 is 1.10 bits per heavy atom. The van der Waals surface area contributed by atoms with Gasteiger partial charge in [-0.2, -0.15) is 0 Å². The third kappa shape index (κ3) is 36.9. The number of ketones is 2. The van der Waals surface area contributed by atoms with Gasteiger partial charge < -0.3 is 25.9 Å². The number of halogens is 3. The van der Waals surface area contributed by atoms with Crippen LogP contribution in [0.3, 0.4) is 0 Å². The van der Waals surface area contributed by atoms with E-state index in [0.29, 0.717) is 37.8 Å². The summed E-state index contributed by atoms with van der Waals surface area (Å²) in [6, 6.07) is 76.8. The predicted molar refractivity (Wildman–Crippen MR) is 504 cm³/mol. The zero-order chi connectivity index (χ0) is 80.1. The Labute approximate surface area is 740 Å². The maximum atomic E-state index is 12.8. The van der Waals surface area contributed by atoms with Gasteiger partial charge in [0.2, 0.25) is 0 Å². The maximum Gasteiger partial charge on any atom is 1.00 e. The second-order valence-corrected chi connectivity index (χ2v) is 37.4. The summed E-state index contributed by atoms with van der Waals surface area (Å²) >= 11 is 5.30. The van der Waals surface area contributed by atoms with Crippen LogP contribution in [0.1, 0.15) is 269 Å². The molecule has 15 rings (SSSR count). The summed E-state index contributed by atoms with van der Waals surface area (Å²) in [7, 11) is 1.68. The minimum Gasteiger partial charge on any atom is -1.00 e. The number of carbonyl (C=O) groups is 2. The fraction of sp³-hybridized carbons (Fsp3) is 0.337. The number of fused-ring (bicyclic) bond motifs is 9. The van der Waals surface area contributed by atoms with E-state index < -0.39 is 6.10 Å².